The van der Waals surface area contributed by atoms with Crippen LogP contribution in [0.25, 0.3) is 16.9 Å². The number of alkyl halides is 1. The number of rotatable bonds is 4. The highest BCUT2D eigenvalue weighted by Crippen LogP contribution is 2.36. The first kappa shape index (κ1) is 18.7. The summed E-state index contributed by atoms with van der Waals surface area (Å²) in [5.41, 5.74) is 1.64. The van der Waals surface area contributed by atoms with E-state index in [0.717, 1.165) is 5.69 Å². The summed E-state index contributed by atoms with van der Waals surface area (Å²) < 4.78 is 16.6. The van der Waals surface area contributed by atoms with Crippen molar-refractivity contribution in [1.29, 1.82) is 0 Å². The molecule has 2 aliphatic rings. The Labute approximate surface area is 173 Å². The first-order valence-electron chi connectivity index (χ1n) is 9.80. The van der Waals surface area contributed by atoms with Gasteiger partial charge in [0.15, 0.2) is 5.82 Å². The maximum Gasteiger partial charge on any atom is 0.151 e. The fourth-order valence-corrected chi connectivity index (χ4v) is 4.30. The molecule has 5 rings (SSSR count). The molecule has 2 aromatic heterocycles. The number of phenols is 1. The molecule has 0 radical (unpaired) electrons. The summed E-state index contributed by atoms with van der Waals surface area (Å²) in [5.74, 6) is 0.672. The van der Waals surface area contributed by atoms with Crippen molar-refractivity contribution >= 4 is 5.82 Å². The molecule has 8 nitrogen and oxygen atoms in total. The molecule has 3 aromatic rings. The van der Waals surface area contributed by atoms with Crippen molar-refractivity contribution in [3.05, 3.63) is 55.1 Å². The summed E-state index contributed by atoms with van der Waals surface area (Å²) in [5, 5.41) is 29.9. The number of phenolic OH excluding ortho intramolecular Hbond substituents is 1. The number of aromatic hydroxyl groups is 1. The first-order valence-corrected chi connectivity index (χ1v) is 9.80. The molecule has 1 aromatic carbocycles. The molecular formula is C21H22FN7O. The van der Waals surface area contributed by atoms with Gasteiger partial charge in [0.05, 0.1) is 23.5 Å². The van der Waals surface area contributed by atoms with E-state index in [1.54, 1.807) is 35.4 Å². The Morgan fingerprint density at radius 2 is 2.00 bits per heavy atom. The summed E-state index contributed by atoms with van der Waals surface area (Å²) in [6.45, 7) is 2.08. The molecule has 2 N–H and O–H groups in total. The normalized spacial score (nSPS) is 27.4. The van der Waals surface area contributed by atoms with E-state index in [9.17, 15) is 9.50 Å². The van der Waals surface area contributed by atoms with Crippen LogP contribution in [0, 0.1) is 0 Å². The van der Waals surface area contributed by atoms with E-state index in [4.69, 9.17) is 0 Å². The molecule has 0 amide bonds. The van der Waals surface area contributed by atoms with Gasteiger partial charge < -0.3 is 10.0 Å². The van der Waals surface area contributed by atoms with Gasteiger partial charge in [-0.25, -0.2) is 4.39 Å². The van der Waals surface area contributed by atoms with Crippen LogP contribution < -0.4 is 10.2 Å². The van der Waals surface area contributed by atoms with Crippen molar-refractivity contribution in [2.24, 2.45) is 0 Å². The van der Waals surface area contributed by atoms with Crippen LogP contribution in [-0.2, 0) is 0 Å². The predicted molar refractivity (Wildman–Crippen MR) is 110 cm³/mol. The van der Waals surface area contributed by atoms with Crippen LogP contribution in [0.4, 0.5) is 10.2 Å². The van der Waals surface area contributed by atoms with Gasteiger partial charge in [0.25, 0.3) is 0 Å². The lowest BCUT2D eigenvalue weighted by atomic mass is 9.87. The summed E-state index contributed by atoms with van der Waals surface area (Å²) in [6, 6.07) is 8.25. The number of aromatic nitrogens is 5. The van der Waals surface area contributed by atoms with E-state index < -0.39 is 6.17 Å². The van der Waals surface area contributed by atoms with Crippen molar-refractivity contribution < 1.29 is 9.50 Å². The largest absolute Gasteiger partial charge is 0.507 e. The van der Waals surface area contributed by atoms with Crippen molar-refractivity contribution in [1.82, 2.24) is 30.3 Å². The Bertz CT molecular complexity index is 1090. The Morgan fingerprint density at radius 3 is 2.70 bits per heavy atom. The van der Waals surface area contributed by atoms with Crippen LogP contribution >= 0.6 is 0 Å². The van der Waals surface area contributed by atoms with E-state index in [-0.39, 0.29) is 23.4 Å². The van der Waals surface area contributed by atoms with Gasteiger partial charge in [-0.05, 0) is 37.6 Å². The molecule has 2 bridgehead atoms. The lowest BCUT2D eigenvalue weighted by Crippen LogP contribution is -2.60. The van der Waals surface area contributed by atoms with Crippen LogP contribution in [0.1, 0.15) is 13.3 Å². The van der Waals surface area contributed by atoms with Gasteiger partial charge in [-0.2, -0.15) is 0 Å². The van der Waals surface area contributed by atoms with Gasteiger partial charge in [-0.1, -0.05) is 12.2 Å². The van der Waals surface area contributed by atoms with Crippen molar-refractivity contribution in [2.75, 3.05) is 11.9 Å². The highest BCUT2D eigenvalue weighted by Gasteiger charge is 2.46. The Kier molecular flexibility index (Phi) is 4.28. The lowest BCUT2D eigenvalue weighted by molar-refractivity contribution is 0.155. The van der Waals surface area contributed by atoms with E-state index in [0.29, 0.717) is 23.5 Å². The van der Waals surface area contributed by atoms with Crippen LogP contribution in [-0.4, -0.2) is 60.9 Å². The molecule has 1 saturated heterocycles. The average Bonchev–Trinajstić information content (AvgIpc) is 3.39. The van der Waals surface area contributed by atoms with Crippen LogP contribution in [0.5, 0.6) is 5.75 Å². The van der Waals surface area contributed by atoms with Crippen LogP contribution in [0.3, 0.4) is 0 Å². The fourth-order valence-electron chi connectivity index (χ4n) is 4.30. The molecule has 0 aliphatic carbocycles. The third kappa shape index (κ3) is 3.11. The molecule has 154 valence electrons. The third-order valence-corrected chi connectivity index (χ3v) is 6.00. The summed E-state index contributed by atoms with van der Waals surface area (Å²) in [7, 11) is 1.85. The van der Waals surface area contributed by atoms with Gasteiger partial charge in [-0.3, -0.25) is 9.88 Å². The molecule has 0 spiro atoms. The Hall–Kier alpha value is -3.33. The van der Waals surface area contributed by atoms with Crippen LogP contribution in [0.15, 0.2) is 55.1 Å². The quantitative estimate of drug-likeness (QED) is 0.641. The minimum absolute atomic E-state index is 0.0781. The van der Waals surface area contributed by atoms with E-state index in [2.05, 4.69) is 38.7 Å². The standard InChI is InChI=1S/C21H22FN7O/c1-21-8-7-16(25-21)20(22)17(10-21)28(2)19-6-5-15(26-27-19)14-4-3-13(9-18(14)30)29-11-23-24-12-29/h3-9,11-12,16-17,20,25,30H,10H2,1-2H3/t16-,17+,20-,21+/m1/s1. The monoisotopic (exact) mass is 407 g/mol. The zero-order chi connectivity index (χ0) is 20.9. The topological polar surface area (TPSA) is 92.0 Å². The molecule has 4 atom stereocenters. The number of fused-ring (bicyclic) bond motifs is 2. The molecule has 4 heterocycles. The fraction of sp³-hybridized carbons (Fsp3) is 0.333. The van der Waals surface area contributed by atoms with Gasteiger partial charge >= 0.3 is 0 Å². The highest BCUT2D eigenvalue weighted by molar-refractivity contribution is 5.69. The number of piperidine rings is 1. The maximum atomic E-state index is 14.9. The number of benzene rings is 1. The van der Waals surface area contributed by atoms with E-state index in [1.165, 1.54) is 0 Å². The molecule has 0 saturated carbocycles. The summed E-state index contributed by atoms with van der Waals surface area (Å²) in [6.07, 6.45) is 6.70. The van der Waals surface area contributed by atoms with Gasteiger partial charge in [0.2, 0.25) is 0 Å². The SMILES string of the molecule is CN(c1ccc(-c2ccc(-n3cnnc3)cc2O)nn1)[C@H]1C[C@]2(C)C=C[C@@H](N2)[C@H]1F. The number of nitrogens with one attached hydrogen (secondary N) is 1. The average molecular weight is 407 g/mol. The van der Waals surface area contributed by atoms with Crippen molar-refractivity contribution in [3.63, 3.8) is 0 Å². The summed E-state index contributed by atoms with van der Waals surface area (Å²) in [4.78, 5) is 1.86. The lowest BCUT2D eigenvalue weighted by Gasteiger charge is -2.43. The number of hydrogen-bond donors (Lipinski definition) is 2. The maximum absolute atomic E-state index is 14.9. The van der Waals surface area contributed by atoms with Gasteiger partial charge in [0.1, 0.15) is 24.6 Å². The first-order chi connectivity index (χ1) is 14.4. The third-order valence-electron chi connectivity index (χ3n) is 6.00. The molecule has 2 aliphatic heterocycles. The second-order valence-electron chi connectivity index (χ2n) is 8.12. The minimum Gasteiger partial charge on any atom is -0.507 e. The summed E-state index contributed by atoms with van der Waals surface area (Å²) >= 11 is 0. The Morgan fingerprint density at radius 1 is 1.20 bits per heavy atom. The minimum atomic E-state index is -1.03. The zero-order valence-electron chi connectivity index (χ0n) is 16.6. The van der Waals surface area contributed by atoms with Crippen LogP contribution in [0.2, 0.25) is 0 Å². The zero-order valence-corrected chi connectivity index (χ0v) is 16.6. The Balaban J connectivity index is 1.37. The van der Waals surface area contributed by atoms with E-state index in [1.807, 2.05) is 30.2 Å². The number of halogens is 1. The molecule has 1 fully saturated rings. The van der Waals surface area contributed by atoms with Crippen molar-refractivity contribution in [3.8, 4) is 22.7 Å². The van der Waals surface area contributed by atoms with Gasteiger partial charge in [0, 0.05) is 24.2 Å². The number of hydrogen-bond acceptors (Lipinski definition) is 7. The van der Waals surface area contributed by atoms with Crippen molar-refractivity contribution in [2.45, 2.75) is 37.1 Å². The number of nitrogens with zero attached hydrogens (tertiary/aromatic N) is 6. The molecular weight excluding hydrogens is 385 g/mol. The second kappa shape index (κ2) is 6.88. The smallest absolute Gasteiger partial charge is 0.151 e. The highest BCUT2D eigenvalue weighted by atomic mass is 19.1. The van der Waals surface area contributed by atoms with Gasteiger partial charge in [-0.15, -0.1) is 20.4 Å². The predicted octanol–water partition coefficient (Wildman–Crippen LogP) is 2.26. The molecule has 9 heteroatoms. The molecule has 0 unspecified atom stereocenters. The second-order valence-corrected chi connectivity index (χ2v) is 8.12. The van der Waals surface area contributed by atoms with E-state index >= 15 is 0 Å². The number of anilines is 1. The molecule has 30 heavy (non-hydrogen) atoms.